The predicted molar refractivity (Wildman–Crippen MR) is 50.2 cm³/mol. The van der Waals surface area contributed by atoms with Gasteiger partial charge in [-0.2, -0.15) is 0 Å². The van der Waals surface area contributed by atoms with Gasteiger partial charge in [-0.05, 0) is 19.9 Å². The fourth-order valence-corrected chi connectivity index (χ4v) is 1.23. The highest BCUT2D eigenvalue weighted by atomic mass is 16.3. The Kier molecular flexibility index (Phi) is 3.03. The van der Waals surface area contributed by atoms with Crippen LogP contribution in [0.2, 0.25) is 0 Å². The van der Waals surface area contributed by atoms with Crippen molar-refractivity contribution in [1.29, 1.82) is 0 Å². The Morgan fingerprint density at radius 2 is 2.21 bits per heavy atom. The highest BCUT2D eigenvalue weighted by molar-refractivity contribution is 6.05. The monoisotopic (exact) mass is 198 g/mol. The van der Waals surface area contributed by atoms with Crippen molar-refractivity contribution in [2.24, 2.45) is 0 Å². The first-order valence-electron chi connectivity index (χ1n) is 4.44. The zero-order chi connectivity index (χ0) is 10.8. The topological polar surface area (TPSA) is 78.4 Å². The average molecular weight is 198 g/mol. The fourth-order valence-electron chi connectivity index (χ4n) is 1.23. The smallest absolute Gasteiger partial charge is 0.274 e. The predicted octanol–water partition coefficient (Wildman–Crippen LogP) is -0.723. The van der Waals surface area contributed by atoms with E-state index in [1.165, 1.54) is 6.92 Å². The number of amides is 2. The molecule has 0 aromatic rings. The lowest BCUT2D eigenvalue weighted by atomic mass is 10.1. The lowest BCUT2D eigenvalue weighted by Gasteiger charge is -2.20. The number of imide groups is 1. The van der Waals surface area contributed by atoms with Crippen molar-refractivity contribution < 1.29 is 14.7 Å². The Morgan fingerprint density at radius 3 is 2.64 bits per heavy atom. The van der Waals surface area contributed by atoms with Gasteiger partial charge < -0.3 is 5.11 Å². The molecule has 0 radical (unpaired) electrons. The summed E-state index contributed by atoms with van der Waals surface area (Å²) >= 11 is 0. The maximum absolute atomic E-state index is 11.4. The molecule has 0 aromatic carbocycles. The van der Waals surface area contributed by atoms with E-state index in [9.17, 15) is 14.7 Å². The van der Waals surface area contributed by atoms with Gasteiger partial charge in [-0.25, -0.2) is 0 Å². The summed E-state index contributed by atoms with van der Waals surface area (Å²) in [5.41, 5.74) is -1.36. The van der Waals surface area contributed by atoms with Gasteiger partial charge in [0, 0.05) is 12.0 Å². The Balaban J connectivity index is 2.57. The molecule has 3 N–H and O–H groups in total. The molecule has 0 aromatic heterocycles. The molecule has 5 heteroatoms. The van der Waals surface area contributed by atoms with Crippen LogP contribution in [0.25, 0.3) is 0 Å². The summed E-state index contributed by atoms with van der Waals surface area (Å²) < 4.78 is 0. The average Bonchev–Trinajstić information content (AvgIpc) is 2.53. The maximum atomic E-state index is 11.4. The Morgan fingerprint density at radius 1 is 1.57 bits per heavy atom. The summed E-state index contributed by atoms with van der Waals surface area (Å²) in [6.45, 7) is 5.46. The minimum Gasteiger partial charge on any atom is -0.367 e. The molecule has 5 nitrogen and oxygen atoms in total. The van der Waals surface area contributed by atoms with Crippen LogP contribution in [0.3, 0.4) is 0 Å². The summed E-state index contributed by atoms with van der Waals surface area (Å²) in [6.07, 6.45) is 1.04. The molecule has 14 heavy (non-hydrogen) atoms. The van der Waals surface area contributed by atoms with Crippen molar-refractivity contribution in [3.8, 4) is 0 Å². The van der Waals surface area contributed by atoms with E-state index in [0.717, 1.165) is 0 Å². The number of aliphatic hydroxyl groups is 1. The van der Waals surface area contributed by atoms with Gasteiger partial charge in [0.15, 0.2) is 5.72 Å². The molecule has 0 unspecified atom stereocenters. The summed E-state index contributed by atoms with van der Waals surface area (Å²) in [7, 11) is 0. The number of nitrogens with one attached hydrogen (secondary N) is 2. The molecule has 0 saturated carbocycles. The first kappa shape index (κ1) is 10.9. The van der Waals surface area contributed by atoms with Gasteiger partial charge in [-0.15, -0.1) is 0 Å². The van der Waals surface area contributed by atoms with E-state index in [1.807, 2.05) is 0 Å². The van der Waals surface area contributed by atoms with Crippen molar-refractivity contribution in [2.75, 3.05) is 6.54 Å². The summed E-state index contributed by atoms with van der Waals surface area (Å²) in [5.74, 6) is -1.26. The number of carbonyl (C=O) groups excluding carboxylic acids is 2. The van der Waals surface area contributed by atoms with Crippen LogP contribution in [0.1, 0.15) is 19.8 Å². The molecular weight excluding hydrogens is 184 g/mol. The zero-order valence-corrected chi connectivity index (χ0v) is 8.09. The first-order valence-corrected chi connectivity index (χ1v) is 4.44. The lowest BCUT2D eigenvalue weighted by molar-refractivity contribution is -0.144. The molecule has 1 heterocycles. The van der Waals surface area contributed by atoms with E-state index in [4.69, 9.17) is 0 Å². The fraction of sp³-hybridized carbons (Fsp3) is 0.556. The second-order valence-electron chi connectivity index (χ2n) is 3.45. The van der Waals surface area contributed by atoms with Crippen LogP contribution < -0.4 is 10.6 Å². The van der Waals surface area contributed by atoms with Gasteiger partial charge in [-0.1, -0.05) is 6.58 Å². The summed E-state index contributed by atoms with van der Waals surface area (Å²) in [4.78, 5) is 22.5. The second kappa shape index (κ2) is 3.89. The molecular formula is C9H14N2O3. The summed E-state index contributed by atoms with van der Waals surface area (Å²) in [6, 6.07) is 0. The summed E-state index contributed by atoms with van der Waals surface area (Å²) in [5, 5.41) is 14.4. The van der Waals surface area contributed by atoms with Crippen LogP contribution in [0.15, 0.2) is 12.2 Å². The van der Waals surface area contributed by atoms with Crippen LogP contribution in [0.5, 0.6) is 0 Å². The van der Waals surface area contributed by atoms with E-state index in [2.05, 4.69) is 17.2 Å². The quantitative estimate of drug-likeness (QED) is 0.511. The van der Waals surface area contributed by atoms with Crippen LogP contribution in [-0.2, 0) is 9.59 Å². The van der Waals surface area contributed by atoms with Gasteiger partial charge >= 0.3 is 0 Å². The molecule has 1 atom stereocenters. The first-order chi connectivity index (χ1) is 6.46. The van der Waals surface area contributed by atoms with E-state index in [1.54, 1.807) is 0 Å². The Hall–Kier alpha value is -1.20. The van der Waals surface area contributed by atoms with E-state index >= 15 is 0 Å². The van der Waals surface area contributed by atoms with Crippen LogP contribution in [0.4, 0.5) is 0 Å². The minimum absolute atomic E-state index is 0.236. The van der Waals surface area contributed by atoms with Crippen molar-refractivity contribution in [3.05, 3.63) is 12.2 Å². The van der Waals surface area contributed by atoms with E-state index < -0.39 is 17.5 Å². The molecule has 0 bridgehead atoms. The van der Waals surface area contributed by atoms with Gasteiger partial charge in [0.25, 0.3) is 11.8 Å². The van der Waals surface area contributed by atoms with Crippen LogP contribution in [-0.4, -0.2) is 29.2 Å². The maximum Gasteiger partial charge on any atom is 0.274 e. The molecule has 0 spiro atoms. The Labute approximate surface area is 82.2 Å². The third-order valence-electron chi connectivity index (χ3n) is 2.12. The van der Waals surface area contributed by atoms with Crippen molar-refractivity contribution >= 4 is 11.8 Å². The third-order valence-corrected chi connectivity index (χ3v) is 2.12. The Bertz CT molecular complexity index is 280. The van der Waals surface area contributed by atoms with E-state index in [-0.39, 0.29) is 5.57 Å². The highest BCUT2D eigenvalue weighted by Gasteiger charge is 2.39. The zero-order valence-electron chi connectivity index (χ0n) is 8.09. The van der Waals surface area contributed by atoms with Crippen LogP contribution >= 0.6 is 0 Å². The third kappa shape index (κ3) is 2.18. The molecule has 2 amide bonds. The largest absolute Gasteiger partial charge is 0.367 e. The SMILES string of the molecule is C=C(C)C(=O)NC(=O)[C@]1(O)CCCN1. The minimum atomic E-state index is -1.59. The molecule has 78 valence electrons. The van der Waals surface area contributed by atoms with E-state index in [0.29, 0.717) is 19.4 Å². The second-order valence-corrected chi connectivity index (χ2v) is 3.45. The standard InChI is InChI=1S/C9H14N2O3/c1-6(2)7(12)11-8(13)9(14)4-3-5-10-9/h10,14H,1,3-5H2,2H3,(H,11,12,13)/t9-/m1/s1. The number of hydrogen-bond donors (Lipinski definition) is 3. The number of hydrogen-bond acceptors (Lipinski definition) is 4. The van der Waals surface area contributed by atoms with Crippen LogP contribution in [0, 0.1) is 0 Å². The van der Waals surface area contributed by atoms with Crippen molar-refractivity contribution in [3.63, 3.8) is 0 Å². The number of rotatable bonds is 2. The van der Waals surface area contributed by atoms with Gasteiger partial charge in [-0.3, -0.25) is 20.2 Å². The molecule has 1 rings (SSSR count). The molecule has 0 aliphatic carbocycles. The van der Waals surface area contributed by atoms with Crippen molar-refractivity contribution in [1.82, 2.24) is 10.6 Å². The van der Waals surface area contributed by atoms with Gasteiger partial charge in [0.2, 0.25) is 0 Å². The molecule has 1 aliphatic rings. The van der Waals surface area contributed by atoms with Crippen molar-refractivity contribution in [2.45, 2.75) is 25.5 Å². The molecule has 1 saturated heterocycles. The lowest BCUT2D eigenvalue weighted by Crippen LogP contribution is -2.54. The normalized spacial score (nSPS) is 25.9. The molecule has 1 fully saturated rings. The van der Waals surface area contributed by atoms with Gasteiger partial charge in [0.1, 0.15) is 0 Å². The molecule has 1 aliphatic heterocycles. The number of carbonyl (C=O) groups is 2. The van der Waals surface area contributed by atoms with Gasteiger partial charge in [0.05, 0.1) is 0 Å². The highest BCUT2D eigenvalue weighted by Crippen LogP contribution is 2.15.